The van der Waals surface area contributed by atoms with Gasteiger partial charge < -0.3 is 0 Å². The van der Waals surface area contributed by atoms with E-state index in [0.717, 1.165) is 5.57 Å². The standard InChI is InChI=1S/C14H8N4/c1-9(2)11-3-4-12(10(5-15)6-16)14(8-18)13(11)7-17/h3-4H,1-2H3. The van der Waals surface area contributed by atoms with E-state index in [1.807, 2.05) is 26.0 Å². The van der Waals surface area contributed by atoms with E-state index in [0.29, 0.717) is 5.22 Å². The number of rotatable bonds is 0. The Bertz CT molecular complexity index is 767. The molecule has 4 nitrogen and oxygen atoms in total. The minimum absolute atomic E-state index is 0.0781. The maximum atomic E-state index is 9.14. The largest absolute Gasteiger partial charge is 0.192 e. The Morgan fingerprint density at radius 1 is 0.833 bits per heavy atom. The van der Waals surface area contributed by atoms with Crippen LogP contribution in [0.5, 0.6) is 0 Å². The summed E-state index contributed by atoms with van der Waals surface area (Å²) < 4.78 is 0. The molecule has 1 rings (SSSR count). The normalized spacial score (nSPS) is 8.33. The molecule has 0 N–H and O–H groups in total. The van der Waals surface area contributed by atoms with E-state index in [2.05, 4.69) is 0 Å². The van der Waals surface area contributed by atoms with Crippen molar-refractivity contribution in [1.82, 2.24) is 0 Å². The van der Waals surface area contributed by atoms with Gasteiger partial charge in [-0.15, -0.1) is 0 Å². The molecule has 84 valence electrons. The highest BCUT2D eigenvalue weighted by molar-refractivity contribution is 5.75. The number of nitrogens with zero attached hydrogens (tertiary/aromatic N) is 4. The fourth-order valence-electron chi connectivity index (χ4n) is 1.61. The highest BCUT2D eigenvalue weighted by Gasteiger charge is 2.09. The summed E-state index contributed by atoms with van der Waals surface area (Å²) in [6.07, 6.45) is 0. The molecule has 0 aromatic heterocycles. The molecule has 0 heterocycles. The predicted molar refractivity (Wildman–Crippen MR) is 64.5 cm³/mol. The Hall–Kier alpha value is -3.08. The molecular weight excluding hydrogens is 224 g/mol. The van der Waals surface area contributed by atoms with E-state index >= 15 is 0 Å². The molecular formula is C14H8N4. The highest BCUT2D eigenvalue weighted by atomic mass is 14.3. The lowest BCUT2D eigenvalue weighted by atomic mass is 9.99. The van der Waals surface area contributed by atoms with Crippen LogP contribution >= 0.6 is 0 Å². The molecule has 0 radical (unpaired) electrons. The maximum absolute atomic E-state index is 9.14. The van der Waals surface area contributed by atoms with E-state index in [-0.39, 0.29) is 21.9 Å². The molecule has 0 fully saturated rings. The van der Waals surface area contributed by atoms with Gasteiger partial charge in [0, 0.05) is 5.22 Å². The summed E-state index contributed by atoms with van der Waals surface area (Å²) in [5.41, 5.74) is 1.01. The molecule has 0 saturated heterocycles. The average molecular weight is 232 g/mol. The second kappa shape index (κ2) is 5.31. The van der Waals surface area contributed by atoms with Gasteiger partial charge in [-0.3, -0.25) is 0 Å². The Morgan fingerprint density at radius 2 is 1.28 bits per heavy atom. The number of nitriles is 4. The third-order valence-corrected chi connectivity index (χ3v) is 2.46. The fraction of sp³-hybridized carbons (Fsp3) is 0.143. The van der Waals surface area contributed by atoms with Crippen LogP contribution in [0.2, 0.25) is 0 Å². The molecule has 0 aliphatic rings. The van der Waals surface area contributed by atoms with Gasteiger partial charge in [0.1, 0.15) is 29.8 Å². The van der Waals surface area contributed by atoms with E-state index in [1.165, 1.54) is 6.07 Å². The zero-order valence-corrected chi connectivity index (χ0v) is 9.94. The lowest BCUT2D eigenvalue weighted by Crippen LogP contribution is -2.21. The van der Waals surface area contributed by atoms with Crippen LogP contribution in [-0.2, 0) is 0 Å². The zero-order valence-electron chi connectivity index (χ0n) is 9.94. The lowest BCUT2D eigenvalue weighted by molar-refractivity contribution is 1.34. The van der Waals surface area contributed by atoms with Crippen LogP contribution in [0.25, 0.3) is 11.1 Å². The number of hydrogen-bond donors (Lipinski definition) is 0. The Labute approximate surface area is 105 Å². The van der Waals surface area contributed by atoms with Crippen molar-refractivity contribution in [1.29, 1.82) is 21.0 Å². The van der Waals surface area contributed by atoms with Crippen LogP contribution in [0.15, 0.2) is 12.1 Å². The summed E-state index contributed by atoms with van der Waals surface area (Å²) >= 11 is 0. The Kier molecular flexibility index (Phi) is 3.83. The molecule has 1 aromatic rings. The van der Waals surface area contributed by atoms with Gasteiger partial charge >= 0.3 is 0 Å². The fourth-order valence-corrected chi connectivity index (χ4v) is 1.61. The molecule has 0 atom stereocenters. The molecule has 4 heteroatoms. The highest BCUT2D eigenvalue weighted by Crippen LogP contribution is 2.00. The van der Waals surface area contributed by atoms with Gasteiger partial charge in [-0.05, 0) is 19.1 Å². The van der Waals surface area contributed by atoms with E-state index in [1.54, 1.807) is 18.2 Å². The molecule has 0 unspecified atom stereocenters. The average Bonchev–Trinajstić information content (AvgIpc) is 2.38. The number of hydrogen-bond acceptors (Lipinski definition) is 4. The second-order valence-corrected chi connectivity index (χ2v) is 3.73. The predicted octanol–water partition coefficient (Wildman–Crippen LogP) is 0.818. The molecule has 0 aliphatic carbocycles. The van der Waals surface area contributed by atoms with Crippen LogP contribution in [-0.4, -0.2) is 0 Å². The monoisotopic (exact) mass is 232 g/mol. The first-order chi connectivity index (χ1) is 8.60. The van der Waals surface area contributed by atoms with Crippen molar-refractivity contribution in [2.45, 2.75) is 13.8 Å². The van der Waals surface area contributed by atoms with E-state index in [9.17, 15) is 0 Å². The molecule has 0 aliphatic heterocycles. The van der Waals surface area contributed by atoms with Gasteiger partial charge in [-0.1, -0.05) is 17.7 Å². The first kappa shape index (κ1) is 13.0. The minimum Gasteiger partial charge on any atom is -0.192 e. The second-order valence-electron chi connectivity index (χ2n) is 3.73. The van der Waals surface area contributed by atoms with Crippen LogP contribution in [0.4, 0.5) is 0 Å². The lowest BCUT2D eigenvalue weighted by Gasteiger charge is -2.00. The van der Waals surface area contributed by atoms with Gasteiger partial charge in [0.15, 0.2) is 0 Å². The Morgan fingerprint density at radius 3 is 1.67 bits per heavy atom. The van der Waals surface area contributed by atoms with Crippen LogP contribution < -0.4 is 10.4 Å². The number of benzene rings is 1. The zero-order chi connectivity index (χ0) is 13.7. The van der Waals surface area contributed by atoms with Crippen molar-refractivity contribution in [2.24, 2.45) is 0 Å². The van der Waals surface area contributed by atoms with Crippen LogP contribution in [0.3, 0.4) is 0 Å². The molecule has 18 heavy (non-hydrogen) atoms. The summed E-state index contributed by atoms with van der Waals surface area (Å²) in [6, 6.07) is 10.5. The first-order valence-electron chi connectivity index (χ1n) is 5.06. The minimum atomic E-state index is -0.164. The molecule has 0 spiro atoms. The van der Waals surface area contributed by atoms with E-state index in [4.69, 9.17) is 21.0 Å². The summed E-state index contributed by atoms with van der Waals surface area (Å²) in [6.45, 7) is 3.66. The summed E-state index contributed by atoms with van der Waals surface area (Å²) in [5.74, 6) is 0. The van der Waals surface area contributed by atoms with Crippen molar-refractivity contribution in [3.05, 3.63) is 33.7 Å². The third kappa shape index (κ3) is 2.05. The molecule has 0 amide bonds. The smallest absolute Gasteiger partial charge is 0.138 e. The van der Waals surface area contributed by atoms with Crippen LogP contribution in [0.1, 0.15) is 25.0 Å². The van der Waals surface area contributed by atoms with Gasteiger partial charge in [0.05, 0.1) is 11.1 Å². The summed E-state index contributed by atoms with van der Waals surface area (Å²) in [5, 5.41) is 36.8. The quantitative estimate of drug-likeness (QED) is 0.661. The van der Waals surface area contributed by atoms with Gasteiger partial charge in [-0.2, -0.15) is 21.0 Å². The van der Waals surface area contributed by atoms with Crippen molar-refractivity contribution < 1.29 is 0 Å². The Balaban J connectivity index is 4.15. The third-order valence-electron chi connectivity index (χ3n) is 2.46. The van der Waals surface area contributed by atoms with Crippen molar-refractivity contribution in [3.8, 4) is 24.3 Å². The van der Waals surface area contributed by atoms with E-state index < -0.39 is 0 Å². The van der Waals surface area contributed by atoms with Gasteiger partial charge in [0.25, 0.3) is 0 Å². The SMILES string of the molecule is CC(C)=c1ccc(=C(C#N)C#N)c(C#N)c1C#N. The van der Waals surface area contributed by atoms with Gasteiger partial charge in [-0.25, -0.2) is 0 Å². The van der Waals surface area contributed by atoms with Crippen LogP contribution in [0, 0.1) is 45.3 Å². The van der Waals surface area contributed by atoms with Crippen molar-refractivity contribution >= 4 is 11.1 Å². The van der Waals surface area contributed by atoms with Crippen molar-refractivity contribution in [2.75, 3.05) is 0 Å². The topological polar surface area (TPSA) is 95.2 Å². The summed E-state index contributed by atoms with van der Waals surface area (Å²) in [4.78, 5) is 0. The maximum Gasteiger partial charge on any atom is 0.138 e. The van der Waals surface area contributed by atoms with Crippen molar-refractivity contribution in [3.63, 3.8) is 0 Å². The molecule has 0 saturated carbocycles. The summed E-state index contributed by atoms with van der Waals surface area (Å²) in [7, 11) is 0. The molecule has 1 aromatic carbocycles. The first-order valence-corrected chi connectivity index (χ1v) is 5.06. The molecule has 0 bridgehead atoms. The van der Waals surface area contributed by atoms with Gasteiger partial charge in [0.2, 0.25) is 0 Å².